The van der Waals surface area contributed by atoms with E-state index < -0.39 is 0 Å². The lowest BCUT2D eigenvalue weighted by molar-refractivity contribution is -0.136. The number of likely N-dealkylation sites (tertiary alicyclic amines) is 1. The van der Waals surface area contributed by atoms with E-state index in [1.807, 2.05) is 64.4 Å². The molecule has 3 heterocycles. The van der Waals surface area contributed by atoms with Gasteiger partial charge in [-0.3, -0.25) is 9.59 Å². The lowest BCUT2D eigenvalue weighted by Gasteiger charge is -2.42. The summed E-state index contributed by atoms with van der Waals surface area (Å²) in [6.07, 6.45) is 6.81. The van der Waals surface area contributed by atoms with Crippen LogP contribution in [0.1, 0.15) is 55.3 Å². The summed E-state index contributed by atoms with van der Waals surface area (Å²) >= 11 is 0. The van der Waals surface area contributed by atoms with Gasteiger partial charge in [0.1, 0.15) is 11.5 Å². The molecule has 0 unspecified atom stereocenters. The molecule has 0 aromatic heterocycles. The Labute approximate surface area is 219 Å². The lowest BCUT2D eigenvalue weighted by atomic mass is 9.75. The molecule has 2 fully saturated rings. The molecule has 0 bridgehead atoms. The highest BCUT2D eigenvalue weighted by molar-refractivity contribution is 5.97. The van der Waals surface area contributed by atoms with Crippen molar-refractivity contribution in [2.75, 3.05) is 46.1 Å². The number of piperidine rings is 1. The van der Waals surface area contributed by atoms with Crippen molar-refractivity contribution in [2.45, 2.75) is 51.0 Å². The monoisotopic (exact) mass is 506 g/mol. The third-order valence-electron chi connectivity index (χ3n) is 8.13. The van der Waals surface area contributed by atoms with Gasteiger partial charge in [0.2, 0.25) is 0 Å². The fourth-order valence-electron chi connectivity index (χ4n) is 5.80. The molecule has 1 atom stereocenters. The van der Waals surface area contributed by atoms with E-state index in [-0.39, 0.29) is 29.9 Å². The third-order valence-corrected chi connectivity index (χ3v) is 8.13. The standard InChI is InChI=1S/C30H38N2O5/c33-28(22-36-25-10-2-1-3-11-25)31-18-15-30(16-19-31)14-6-7-20-35-21-24-9-8-17-32(24)29(34)26-12-4-5-13-27(26)37-23-30/h1-5,10-13,24H,6-9,14-23H2/t24-/m0/s1. The molecule has 7 nitrogen and oxygen atoms in total. The first-order valence-corrected chi connectivity index (χ1v) is 13.7. The van der Waals surface area contributed by atoms with E-state index in [9.17, 15) is 9.59 Å². The minimum absolute atomic E-state index is 0.0185. The summed E-state index contributed by atoms with van der Waals surface area (Å²) in [4.78, 5) is 30.2. The summed E-state index contributed by atoms with van der Waals surface area (Å²) in [5, 5.41) is 0. The van der Waals surface area contributed by atoms with E-state index >= 15 is 0 Å². The molecule has 2 aromatic rings. The van der Waals surface area contributed by atoms with Crippen LogP contribution in [0.2, 0.25) is 0 Å². The number of carbonyl (C=O) groups is 2. The Morgan fingerprint density at radius 1 is 0.946 bits per heavy atom. The van der Waals surface area contributed by atoms with Crippen LogP contribution in [0.5, 0.6) is 11.5 Å². The zero-order valence-electron chi connectivity index (χ0n) is 21.6. The number of hydrogen-bond acceptors (Lipinski definition) is 5. The van der Waals surface area contributed by atoms with Crippen molar-refractivity contribution in [1.82, 2.24) is 9.80 Å². The average molecular weight is 507 g/mol. The Bertz CT molecular complexity index is 1050. The van der Waals surface area contributed by atoms with Gasteiger partial charge in [-0.15, -0.1) is 0 Å². The number of fused-ring (bicyclic) bond motifs is 2. The van der Waals surface area contributed by atoms with Crippen molar-refractivity contribution in [3.8, 4) is 11.5 Å². The van der Waals surface area contributed by atoms with Crippen LogP contribution in [-0.2, 0) is 9.53 Å². The second kappa shape index (κ2) is 12.0. The van der Waals surface area contributed by atoms with Gasteiger partial charge in [-0.2, -0.15) is 0 Å². The van der Waals surface area contributed by atoms with E-state index in [2.05, 4.69) is 0 Å². The van der Waals surface area contributed by atoms with Gasteiger partial charge in [-0.1, -0.05) is 36.8 Å². The number of rotatable bonds is 3. The number of hydrogen-bond donors (Lipinski definition) is 0. The number of benzene rings is 2. The van der Waals surface area contributed by atoms with Crippen molar-refractivity contribution in [2.24, 2.45) is 5.41 Å². The molecule has 0 radical (unpaired) electrons. The predicted molar refractivity (Wildman–Crippen MR) is 141 cm³/mol. The summed E-state index contributed by atoms with van der Waals surface area (Å²) in [5.74, 6) is 1.42. The van der Waals surface area contributed by atoms with Crippen molar-refractivity contribution in [1.29, 1.82) is 0 Å². The fourth-order valence-corrected chi connectivity index (χ4v) is 5.80. The van der Waals surface area contributed by atoms with Gasteiger partial charge in [0.05, 0.1) is 24.8 Å². The molecule has 37 heavy (non-hydrogen) atoms. The van der Waals surface area contributed by atoms with E-state index in [4.69, 9.17) is 14.2 Å². The number of carbonyl (C=O) groups excluding carboxylic acids is 2. The number of amides is 2. The molecule has 0 N–H and O–H groups in total. The second-order valence-corrected chi connectivity index (χ2v) is 10.6. The Kier molecular flexibility index (Phi) is 8.29. The summed E-state index contributed by atoms with van der Waals surface area (Å²) in [6, 6.07) is 17.2. The molecule has 0 saturated carbocycles. The maximum atomic E-state index is 13.5. The van der Waals surface area contributed by atoms with Crippen LogP contribution in [0.15, 0.2) is 54.6 Å². The molecule has 7 heteroatoms. The molecule has 3 aliphatic rings. The first-order chi connectivity index (χ1) is 18.1. The highest BCUT2D eigenvalue weighted by Crippen LogP contribution is 2.38. The molecular weight excluding hydrogens is 468 g/mol. The molecule has 3 aliphatic heterocycles. The quantitative estimate of drug-likeness (QED) is 0.611. The van der Waals surface area contributed by atoms with Gasteiger partial charge < -0.3 is 24.0 Å². The third kappa shape index (κ3) is 6.27. The molecule has 2 saturated heterocycles. The Morgan fingerprint density at radius 3 is 2.57 bits per heavy atom. The summed E-state index contributed by atoms with van der Waals surface area (Å²) < 4.78 is 18.1. The van der Waals surface area contributed by atoms with Gasteiger partial charge in [-0.25, -0.2) is 0 Å². The maximum Gasteiger partial charge on any atom is 0.260 e. The Morgan fingerprint density at radius 2 is 1.73 bits per heavy atom. The van der Waals surface area contributed by atoms with Crippen molar-refractivity contribution in [3.63, 3.8) is 0 Å². The first kappa shape index (κ1) is 25.6. The van der Waals surface area contributed by atoms with E-state index in [1.165, 1.54) is 0 Å². The smallest absolute Gasteiger partial charge is 0.260 e. The summed E-state index contributed by atoms with van der Waals surface area (Å²) in [7, 11) is 0. The van der Waals surface area contributed by atoms with E-state index in [0.717, 1.165) is 51.5 Å². The predicted octanol–water partition coefficient (Wildman–Crippen LogP) is 4.56. The van der Waals surface area contributed by atoms with Crippen molar-refractivity contribution in [3.05, 3.63) is 60.2 Å². The Balaban J connectivity index is 1.25. The first-order valence-electron chi connectivity index (χ1n) is 13.7. The SMILES string of the molecule is O=C(COc1ccccc1)N1CCC2(CCCCOC[C@@H]3CCCN3C(=O)c3ccccc3OC2)CC1. The largest absolute Gasteiger partial charge is 0.492 e. The topological polar surface area (TPSA) is 68.3 Å². The highest BCUT2D eigenvalue weighted by Gasteiger charge is 2.37. The summed E-state index contributed by atoms with van der Waals surface area (Å²) in [5.41, 5.74) is 0.598. The van der Waals surface area contributed by atoms with Crippen LogP contribution in [0.4, 0.5) is 0 Å². The lowest BCUT2D eigenvalue weighted by Crippen LogP contribution is -2.47. The normalized spacial score (nSPS) is 22.5. The van der Waals surface area contributed by atoms with Crippen LogP contribution in [-0.4, -0.2) is 73.7 Å². The van der Waals surface area contributed by atoms with Crippen LogP contribution in [0, 0.1) is 5.41 Å². The summed E-state index contributed by atoms with van der Waals surface area (Å²) in [6.45, 7) is 4.06. The fraction of sp³-hybridized carbons (Fsp3) is 0.533. The van der Waals surface area contributed by atoms with Gasteiger partial charge in [-0.05, 0) is 62.8 Å². The molecule has 5 rings (SSSR count). The molecule has 2 amide bonds. The highest BCUT2D eigenvalue weighted by atomic mass is 16.5. The van der Waals surface area contributed by atoms with Crippen LogP contribution in [0.25, 0.3) is 0 Å². The van der Waals surface area contributed by atoms with Gasteiger partial charge in [0.25, 0.3) is 11.8 Å². The van der Waals surface area contributed by atoms with E-state index in [0.29, 0.717) is 50.0 Å². The minimum Gasteiger partial charge on any atom is -0.492 e. The average Bonchev–Trinajstić information content (AvgIpc) is 3.41. The molecular formula is C30H38N2O5. The van der Waals surface area contributed by atoms with Crippen LogP contribution in [0.3, 0.4) is 0 Å². The molecule has 2 aromatic carbocycles. The second-order valence-electron chi connectivity index (χ2n) is 10.6. The molecule has 198 valence electrons. The maximum absolute atomic E-state index is 13.5. The minimum atomic E-state index is -0.0342. The van der Waals surface area contributed by atoms with Crippen molar-refractivity contribution >= 4 is 11.8 Å². The number of para-hydroxylation sites is 2. The van der Waals surface area contributed by atoms with E-state index in [1.54, 1.807) is 0 Å². The van der Waals surface area contributed by atoms with Crippen LogP contribution >= 0.6 is 0 Å². The van der Waals surface area contributed by atoms with Gasteiger partial charge in [0, 0.05) is 31.7 Å². The zero-order valence-corrected chi connectivity index (χ0v) is 21.6. The van der Waals surface area contributed by atoms with Gasteiger partial charge in [0.15, 0.2) is 6.61 Å². The van der Waals surface area contributed by atoms with Crippen molar-refractivity contribution < 1.29 is 23.8 Å². The molecule has 1 spiro atoms. The van der Waals surface area contributed by atoms with Gasteiger partial charge >= 0.3 is 0 Å². The number of nitrogens with zero attached hydrogens (tertiary/aromatic N) is 2. The Hall–Kier alpha value is -3.06. The van der Waals surface area contributed by atoms with Crippen LogP contribution < -0.4 is 9.47 Å². The number of ether oxygens (including phenoxy) is 3. The molecule has 0 aliphatic carbocycles. The zero-order chi connectivity index (χ0) is 25.5.